The quantitative estimate of drug-likeness (QED) is 0.800. The van der Waals surface area contributed by atoms with Gasteiger partial charge in [0.25, 0.3) is 0 Å². The molecule has 0 aliphatic rings. The second kappa shape index (κ2) is 6.39. The molecule has 0 fully saturated rings. The van der Waals surface area contributed by atoms with Gasteiger partial charge in [-0.05, 0) is 29.7 Å². The fourth-order valence-corrected chi connectivity index (χ4v) is 2.55. The van der Waals surface area contributed by atoms with Gasteiger partial charge in [0.2, 0.25) is 5.91 Å². The van der Waals surface area contributed by atoms with E-state index in [2.05, 4.69) is 23.3 Å². The van der Waals surface area contributed by atoms with Crippen LogP contribution in [0.25, 0.3) is 10.9 Å². The number of nitrogens with zero attached hydrogens (tertiary/aromatic N) is 1. The highest BCUT2D eigenvalue weighted by molar-refractivity contribution is 5.87. The van der Waals surface area contributed by atoms with Gasteiger partial charge < -0.3 is 5.32 Å². The van der Waals surface area contributed by atoms with Crippen LogP contribution in [-0.4, -0.2) is 10.9 Å². The van der Waals surface area contributed by atoms with E-state index in [9.17, 15) is 4.79 Å². The molecule has 0 atom stereocenters. The lowest BCUT2D eigenvalue weighted by atomic mass is 10.1. The van der Waals surface area contributed by atoms with Crippen molar-refractivity contribution in [2.75, 3.05) is 0 Å². The smallest absolute Gasteiger partial charge is 0.224 e. The summed E-state index contributed by atoms with van der Waals surface area (Å²) in [7, 11) is 0. The summed E-state index contributed by atoms with van der Waals surface area (Å²) in [4.78, 5) is 16.6. The Kier molecular flexibility index (Phi) is 4.15. The second-order valence-electron chi connectivity index (χ2n) is 5.37. The van der Waals surface area contributed by atoms with Crippen molar-refractivity contribution >= 4 is 16.8 Å². The average Bonchev–Trinajstić information content (AvgIpc) is 2.54. The van der Waals surface area contributed by atoms with Crippen LogP contribution in [0.15, 0.2) is 60.8 Å². The van der Waals surface area contributed by atoms with Crippen molar-refractivity contribution in [1.82, 2.24) is 10.3 Å². The van der Waals surface area contributed by atoms with Crippen molar-refractivity contribution in [3.05, 3.63) is 77.5 Å². The van der Waals surface area contributed by atoms with E-state index in [0.29, 0.717) is 13.0 Å². The zero-order chi connectivity index (χ0) is 15.4. The molecule has 1 N–H and O–H groups in total. The van der Waals surface area contributed by atoms with Gasteiger partial charge in [-0.15, -0.1) is 0 Å². The van der Waals surface area contributed by atoms with Crippen molar-refractivity contribution in [2.45, 2.75) is 19.9 Å². The SMILES string of the molecule is Cc1ccccc1CNC(=O)Cc1cccc2cccnc12. The molecular weight excluding hydrogens is 272 g/mol. The number of amides is 1. The van der Waals surface area contributed by atoms with Crippen LogP contribution in [0.1, 0.15) is 16.7 Å². The molecule has 0 aliphatic heterocycles. The third-order valence-corrected chi connectivity index (χ3v) is 3.80. The zero-order valence-electron chi connectivity index (χ0n) is 12.5. The number of carbonyl (C=O) groups is 1. The van der Waals surface area contributed by atoms with Crippen LogP contribution in [0, 0.1) is 6.92 Å². The second-order valence-corrected chi connectivity index (χ2v) is 5.37. The van der Waals surface area contributed by atoms with Gasteiger partial charge in [0.05, 0.1) is 11.9 Å². The van der Waals surface area contributed by atoms with Crippen LogP contribution in [0.4, 0.5) is 0 Å². The minimum atomic E-state index is 0.0152. The van der Waals surface area contributed by atoms with E-state index < -0.39 is 0 Å². The molecule has 3 rings (SSSR count). The summed E-state index contributed by atoms with van der Waals surface area (Å²) in [6.07, 6.45) is 2.11. The molecule has 3 nitrogen and oxygen atoms in total. The van der Waals surface area contributed by atoms with E-state index in [1.54, 1.807) is 6.20 Å². The maximum atomic E-state index is 12.2. The average molecular weight is 290 g/mol. The van der Waals surface area contributed by atoms with Gasteiger partial charge >= 0.3 is 0 Å². The number of aromatic nitrogens is 1. The number of hydrogen-bond donors (Lipinski definition) is 1. The topological polar surface area (TPSA) is 42.0 Å². The highest BCUT2D eigenvalue weighted by Gasteiger charge is 2.08. The maximum Gasteiger partial charge on any atom is 0.224 e. The third kappa shape index (κ3) is 3.14. The lowest BCUT2D eigenvalue weighted by Gasteiger charge is -2.09. The number of fused-ring (bicyclic) bond motifs is 1. The van der Waals surface area contributed by atoms with Gasteiger partial charge in [0, 0.05) is 18.1 Å². The fraction of sp³-hybridized carbons (Fsp3) is 0.158. The Morgan fingerprint density at radius 1 is 1.00 bits per heavy atom. The predicted molar refractivity (Wildman–Crippen MR) is 88.5 cm³/mol. The van der Waals surface area contributed by atoms with Gasteiger partial charge in [-0.3, -0.25) is 9.78 Å². The van der Waals surface area contributed by atoms with Gasteiger partial charge in [0.1, 0.15) is 0 Å². The number of pyridine rings is 1. The van der Waals surface area contributed by atoms with Crippen LogP contribution in [-0.2, 0) is 17.8 Å². The van der Waals surface area contributed by atoms with Gasteiger partial charge in [-0.2, -0.15) is 0 Å². The molecule has 0 unspecified atom stereocenters. The number of rotatable bonds is 4. The van der Waals surface area contributed by atoms with Crippen molar-refractivity contribution in [1.29, 1.82) is 0 Å². The summed E-state index contributed by atoms with van der Waals surface area (Å²) in [5.74, 6) is 0.0152. The van der Waals surface area contributed by atoms with Crippen LogP contribution < -0.4 is 5.32 Å². The number of benzene rings is 2. The minimum absolute atomic E-state index is 0.0152. The summed E-state index contributed by atoms with van der Waals surface area (Å²) < 4.78 is 0. The number of carbonyl (C=O) groups excluding carboxylic acids is 1. The van der Waals surface area contributed by atoms with Crippen molar-refractivity contribution in [3.63, 3.8) is 0 Å². The van der Waals surface area contributed by atoms with Gasteiger partial charge in [0.15, 0.2) is 0 Å². The molecule has 2 aromatic carbocycles. The third-order valence-electron chi connectivity index (χ3n) is 3.80. The van der Waals surface area contributed by atoms with Gasteiger partial charge in [-0.1, -0.05) is 48.5 Å². The fourth-order valence-electron chi connectivity index (χ4n) is 2.55. The lowest BCUT2D eigenvalue weighted by Crippen LogP contribution is -2.25. The van der Waals surface area contributed by atoms with Crippen molar-refractivity contribution in [2.24, 2.45) is 0 Å². The summed E-state index contributed by atoms with van der Waals surface area (Å²) in [5.41, 5.74) is 4.19. The lowest BCUT2D eigenvalue weighted by molar-refractivity contribution is -0.120. The normalized spacial score (nSPS) is 10.6. The van der Waals surface area contributed by atoms with Crippen LogP contribution in [0.2, 0.25) is 0 Å². The molecule has 1 amide bonds. The summed E-state index contributed by atoms with van der Waals surface area (Å²) in [6, 6.07) is 17.9. The molecule has 3 heteroatoms. The number of nitrogens with one attached hydrogen (secondary N) is 1. The zero-order valence-corrected chi connectivity index (χ0v) is 12.5. The van der Waals surface area contributed by atoms with E-state index >= 15 is 0 Å². The molecule has 1 heterocycles. The summed E-state index contributed by atoms with van der Waals surface area (Å²) in [5, 5.41) is 4.05. The highest BCUT2D eigenvalue weighted by atomic mass is 16.1. The summed E-state index contributed by atoms with van der Waals surface area (Å²) >= 11 is 0. The standard InChI is InChI=1S/C19H18N2O/c1-14-6-2-3-7-17(14)13-21-18(22)12-16-9-4-8-15-10-5-11-20-19(15)16/h2-11H,12-13H2,1H3,(H,21,22). The first-order valence-electron chi connectivity index (χ1n) is 7.38. The van der Waals surface area contributed by atoms with Crippen molar-refractivity contribution in [3.8, 4) is 0 Å². The Hall–Kier alpha value is -2.68. The first-order valence-corrected chi connectivity index (χ1v) is 7.38. The first kappa shape index (κ1) is 14.3. The van der Waals surface area contributed by atoms with E-state index in [0.717, 1.165) is 22.0 Å². The van der Waals surface area contributed by atoms with Crippen LogP contribution >= 0.6 is 0 Å². The predicted octanol–water partition coefficient (Wildman–Crippen LogP) is 3.40. The molecule has 0 aliphatic carbocycles. The molecule has 0 saturated carbocycles. The van der Waals surface area contributed by atoms with E-state index in [1.165, 1.54) is 5.56 Å². The maximum absolute atomic E-state index is 12.2. The molecule has 22 heavy (non-hydrogen) atoms. The van der Waals surface area contributed by atoms with Gasteiger partial charge in [-0.25, -0.2) is 0 Å². The Labute approximate surface area is 130 Å². The van der Waals surface area contributed by atoms with Crippen molar-refractivity contribution < 1.29 is 4.79 Å². The molecule has 0 saturated heterocycles. The molecule has 110 valence electrons. The monoisotopic (exact) mass is 290 g/mol. The summed E-state index contributed by atoms with van der Waals surface area (Å²) in [6.45, 7) is 2.61. The Bertz CT molecular complexity index is 806. The molecule has 0 radical (unpaired) electrons. The highest BCUT2D eigenvalue weighted by Crippen LogP contribution is 2.16. The number of aryl methyl sites for hydroxylation is 1. The molecule has 1 aromatic heterocycles. The van der Waals surface area contributed by atoms with Crippen LogP contribution in [0.5, 0.6) is 0 Å². The van der Waals surface area contributed by atoms with Crippen LogP contribution in [0.3, 0.4) is 0 Å². The Morgan fingerprint density at radius 2 is 1.77 bits per heavy atom. The van der Waals surface area contributed by atoms with E-state index in [1.807, 2.05) is 48.5 Å². The first-order chi connectivity index (χ1) is 10.7. The van der Waals surface area contributed by atoms with E-state index in [4.69, 9.17) is 0 Å². The minimum Gasteiger partial charge on any atom is -0.352 e. The Morgan fingerprint density at radius 3 is 2.64 bits per heavy atom. The molecule has 3 aromatic rings. The molecule has 0 bridgehead atoms. The van der Waals surface area contributed by atoms with E-state index in [-0.39, 0.29) is 5.91 Å². The molecule has 0 spiro atoms. The Balaban J connectivity index is 1.70. The number of hydrogen-bond acceptors (Lipinski definition) is 2. The largest absolute Gasteiger partial charge is 0.352 e. The number of para-hydroxylation sites is 1. The molecular formula is C19H18N2O.